The highest BCUT2D eigenvalue weighted by atomic mass is 19.1. The summed E-state index contributed by atoms with van der Waals surface area (Å²) in [6.07, 6.45) is 3.57. The third-order valence-corrected chi connectivity index (χ3v) is 6.82. The van der Waals surface area contributed by atoms with Gasteiger partial charge in [0.15, 0.2) is 5.56 Å². The Kier molecular flexibility index (Phi) is 7.63. The number of halogens is 1. The van der Waals surface area contributed by atoms with E-state index >= 15 is 0 Å². The highest BCUT2D eigenvalue weighted by Gasteiger charge is 2.33. The molecule has 0 saturated carbocycles. The summed E-state index contributed by atoms with van der Waals surface area (Å²) < 4.78 is 15.4. The predicted molar refractivity (Wildman–Crippen MR) is 133 cm³/mol. The zero-order valence-corrected chi connectivity index (χ0v) is 20.3. The first-order chi connectivity index (χ1) is 16.9. The SMILES string of the molecule is CCCCc1nc(=O)c(C(=O)N2CCC(c3cccc(F)c3)C2)c(O)n1[C@@H](CC)c1ccccc1. The fraction of sp³-hybridized carbons (Fsp3) is 0.393. The number of unbranched alkanes of at least 4 members (excludes halogenated alkanes) is 1. The molecule has 1 saturated heterocycles. The van der Waals surface area contributed by atoms with Gasteiger partial charge in [0, 0.05) is 25.4 Å². The molecular formula is C28H32FN3O3. The number of amides is 1. The van der Waals surface area contributed by atoms with E-state index in [9.17, 15) is 19.1 Å². The number of aromatic nitrogens is 2. The van der Waals surface area contributed by atoms with E-state index in [1.54, 1.807) is 15.5 Å². The minimum absolute atomic E-state index is 0.0245. The first-order valence-corrected chi connectivity index (χ1v) is 12.4. The van der Waals surface area contributed by atoms with Crippen LogP contribution in [0.4, 0.5) is 4.39 Å². The van der Waals surface area contributed by atoms with Crippen LogP contribution in [0.25, 0.3) is 0 Å². The van der Waals surface area contributed by atoms with Crippen LogP contribution in [0.5, 0.6) is 5.88 Å². The average molecular weight is 478 g/mol. The van der Waals surface area contributed by atoms with E-state index in [2.05, 4.69) is 11.9 Å². The van der Waals surface area contributed by atoms with Gasteiger partial charge in [0.05, 0.1) is 6.04 Å². The van der Waals surface area contributed by atoms with Crippen molar-refractivity contribution in [2.24, 2.45) is 0 Å². The molecule has 184 valence electrons. The molecule has 1 aliphatic heterocycles. The Morgan fingerprint density at radius 1 is 1.17 bits per heavy atom. The lowest BCUT2D eigenvalue weighted by atomic mass is 9.98. The zero-order valence-electron chi connectivity index (χ0n) is 20.3. The molecule has 1 fully saturated rings. The zero-order chi connectivity index (χ0) is 24.9. The summed E-state index contributed by atoms with van der Waals surface area (Å²) >= 11 is 0. The largest absolute Gasteiger partial charge is 0.494 e. The number of carbonyl (C=O) groups excluding carboxylic acids is 1. The molecule has 4 rings (SSSR count). The lowest BCUT2D eigenvalue weighted by molar-refractivity contribution is 0.0783. The molecule has 1 unspecified atom stereocenters. The first-order valence-electron chi connectivity index (χ1n) is 12.4. The van der Waals surface area contributed by atoms with Crippen LogP contribution in [0.15, 0.2) is 59.4 Å². The van der Waals surface area contributed by atoms with E-state index in [-0.39, 0.29) is 29.2 Å². The van der Waals surface area contributed by atoms with Gasteiger partial charge in [-0.2, -0.15) is 4.98 Å². The molecule has 1 aromatic heterocycles. The summed E-state index contributed by atoms with van der Waals surface area (Å²) in [5.74, 6) is -0.709. The number of nitrogens with zero attached hydrogens (tertiary/aromatic N) is 3. The number of aromatic hydroxyl groups is 1. The van der Waals surface area contributed by atoms with Crippen LogP contribution in [0.2, 0.25) is 0 Å². The number of carbonyl (C=O) groups is 1. The van der Waals surface area contributed by atoms with Gasteiger partial charge in [0.25, 0.3) is 11.5 Å². The monoisotopic (exact) mass is 477 g/mol. The van der Waals surface area contributed by atoms with E-state index in [4.69, 9.17) is 0 Å². The van der Waals surface area contributed by atoms with Crippen molar-refractivity contribution in [2.45, 2.75) is 57.9 Å². The second-order valence-corrected chi connectivity index (χ2v) is 9.13. The molecule has 1 amide bonds. The van der Waals surface area contributed by atoms with Crippen LogP contribution >= 0.6 is 0 Å². The fourth-order valence-electron chi connectivity index (χ4n) is 4.97. The molecule has 2 aromatic carbocycles. The Balaban J connectivity index is 1.72. The van der Waals surface area contributed by atoms with E-state index in [0.29, 0.717) is 38.2 Å². The molecule has 1 N–H and O–H groups in total. The molecule has 3 aromatic rings. The topological polar surface area (TPSA) is 75.4 Å². The number of aryl methyl sites for hydroxylation is 1. The van der Waals surface area contributed by atoms with Gasteiger partial charge in [-0.25, -0.2) is 4.39 Å². The molecule has 0 aliphatic carbocycles. The van der Waals surface area contributed by atoms with Crippen LogP contribution in [0, 0.1) is 5.82 Å². The molecule has 2 heterocycles. The van der Waals surface area contributed by atoms with Gasteiger partial charge in [-0.3, -0.25) is 14.2 Å². The molecule has 0 radical (unpaired) electrons. The van der Waals surface area contributed by atoms with Crippen molar-refractivity contribution in [1.29, 1.82) is 0 Å². The van der Waals surface area contributed by atoms with Gasteiger partial charge in [-0.15, -0.1) is 0 Å². The Morgan fingerprint density at radius 2 is 1.94 bits per heavy atom. The third kappa shape index (κ3) is 5.14. The minimum Gasteiger partial charge on any atom is -0.494 e. The highest BCUT2D eigenvalue weighted by molar-refractivity contribution is 5.96. The van der Waals surface area contributed by atoms with E-state index in [1.807, 2.05) is 43.3 Å². The minimum atomic E-state index is -0.702. The Bertz CT molecular complexity index is 1240. The second-order valence-electron chi connectivity index (χ2n) is 9.13. The fourth-order valence-corrected chi connectivity index (χ4v) is 4.97. The number of benzene rings is 2. The van der Waals surface area contributed by atoms with E-state index in [0.717, 1.165) is 24.0 Å². The van der Waals surface area contributed by atoms with Gasteiger partial charge in [0.1, 0.15) is 11.6 Å². The third-order valence-electron chi connectivity index (χ3n) is 6.82. The number of hydrogen-bond acceptors (Lipinski definition) is 4. The summed E-state index contributed by atoms with van der Waals surface area (Å²) in [4.78, 5) is 32.4. The van der Waals surface area contributed by atoms with Gasteiger partial charge >= 0.3 is 0 Å². The first kappa shape index (κ1) is 24.6. The van der Waals surface area contributed by atoms with E-state index < -0.39 is 11.5 Å². The van der Waals surface area contributed by atoms with Crippen molar-refractivity contribution in [3.8, 4) is 5.88 Å². The molecule has 0 spiro atoms. The lowest BCUT2D eigenvalue weighted by Crippen LogP contribution is -2.35. The van der Waals surface area contributed by atoms with Gasteiger partial charge in [-0.1, -0.05) is 62.7 Å². The van der Waals surface area contributed by atoms with Crippen molar-refractivity contribution < 1.29 is 14.3 Å². The van der Waals surface area contributed by atoms with Crippen LogP contribution in [-0.2, 0) is 6.42 Å². The molecular weight excluding hydrogens is 445 g/mol. The Labute approximate surface area is 205 Å². The van der Waals surface area contributed by atoms with Crippen molar-refractivity contribution in [3.63, 3.8) is 0 Å². The molecule has 35 heavy (non-hydrogen) atoms. The smallest absolute Gasteiger partial charge is 0.289 e. The number of rotatable bonds is 8. The van der Waals surface area contributed by atoms with Crippen molar-refractivity contribution in [2.75, 3.05) is 13.1 Å². The summed E-state index contributed by atoms with van der Waals surface area (Å²) in [5.41, 5.74) is 0.802. The number of hydrogen-bond donors (Lipinski definition) is 1. The van der Waals surface area contributed by atoms with Crippen molar-refractivity contribution >= 4 is 5.91 Å². The molecule has 0 bridgehead atoms. The lowest BCUT2D eigenvalue weighted by Gasteiger charge is -2.26. The molecule has 7 heteroatoms. The van der Waals surface area contributed by atoms with Crippen molar-refractivity contribution in [3.05, 3.63) is 93.3 Å². The maximum Gasteiger partial charge on any atom is 0.289 e. The normalized spacial score (nSPS) is 16.4. The van der Waals surface area contributed by atoms with Crippen LogP contribution < -0.4 is 5.56 Å². The number of likely N-dealkylation sites (tertiary alicyclic amines) is 1. The molecule has 1 aliphatic rings. The van der Waals surface area contributed by atoms with Crippen LogP contribution in [-0.4, -0.2) is 38.6 Å². The van der Waals surface area contributed by atoms with Crippen molar-refractivity contribution in [1.82, 2.24) is 14.5 Å². The maximum absolute atomic E-state index is 13.7. The van der Waals surface area contributed by atoms with Gasteiger partial charge in [0.2, 0.25) is 5.88 Å². The van der Waals surface area contributed by atoms with Gasteiger partial charge in [-0.05, 0) is 42.5 Å². The summed E-state index contributed by atoms with van der Waals surface area (Å²) in [7, 11) is 0. The van der Waals surface area contributed by atoms with Crippen LogP contribution in [0.1, 0.15) is 78.8 Å². The molecule has 6 nitrogen and oxygen atoms in total. The van der Waals surface area contributed by atoms with E-state index in [1.165, 1.54) is 12.1 Å². The Hall–Kier alpha value is -3.48. The highest BCUT2D eigenvalue weighted by Crippen LogP contribution is 2.32. The summed E-state index contributed by atoms with van der Waals surface area (Å²) in [5, 5.41) is 11.4. The van der Waals surface area contributed by atoms with Gasteiger partial charge < -0.3 is 10.0 Å². The maximum atomic E-state index is 13.7. The summed E-state index contributed by atoms with van der Waals surface area (Å²) in [6.45, 7) is 4.84. The summed E-state index contributed by atoms with van der Waals surface area (Å²) in [6, 6.07) is 15.9. The van der Waals surface area contributed by atoms with Crippen LogP contribution in [0.3, 0.4) is 0 Å². The predicted octanol–water partition coefficient (Wildman–Crippen LogP) is 5.06. The Morgan fingerprint density at radius 3 is 2.63 bits per heavy atom. The standard InChI is InChI=1S/C28H32FN3O3/c1-3-5-14-24-30-26(33)25(28(35)32(24)23(4-2)19-10-7-6-8-11-19)27(34)31-16-15-21(18-31)20-12-9-13-22(29)17-20/h6-13,17,21,23,35H,3-5,14-16,18H2,1-2H3/t21?,23-/m0/s1. The second kappa shape index (κ2) is 10.8. The average Bonchev–Trinajstić information content (AvgIpc) is 3.36. The quantitative estimate of drug-likeness (QED) is 0.492. The molecule has 2 atom stereocenters.